The quantitative estimate of drug-likeness (QED) is 0.784. The second-order valence-electron chi connectivity index (χ2n) is 6.30. The molecular weight excluding hydrogens is 350 g/mol. The van der Waals surface area contributed by atoms with Crippen molar-refractivity contribution >= 4 is 23.3 Å². The molecular formula is C20H19NO6. The van der Waals surface area contributed by atoms with Gasteiger partial charge in [-0.15, -0.1) is 0 Å². The van der Waals surface area contributed by atoms with Crippen molar-refractivity contribution < 1.29 is 28.5 Å². The van der Waals surface area contributed by atoms with Crippen LogP contribution < -0.4 is 14.8 Å². The molecule has 0 aliphatic carbocycles. The van der Waals surface area contributed by atoms with Crippen molar-refractivity contribution in [3.8, 4) is 11.5 Å². The van der Waals surface area contributed by atoms with Crippen LogP contribution in [0.4, 0.5) is 11.4 Å². The Morgan fingerprint density at radius 2 is 1.11 bits per heavy atom. The predicted octanol–water partition coefficient (Wildman–Crippen LogP) is 2.82. The first-order valence-electron chi connectivity index (χ1n) is 8.81. The highest BCUT2D eigenvalue weighted by atomic mass is 16.6. The molecule has 0 radical (unpaired) electrons. The fraction of sp³-hybridized carbons (Fsp3) is 0.300. The highest BCUT2D eigenvalue weighted by Gasteiger charge is 2.29. The zero-order valence-corrected chi connectivity index (χ0v) is 14.6. The van der Waals surface area contributed by atoms with Crippen molar-refractivity contribution in [3.63, 3.8) is 0 Å². The summed E-state index contributed by atoms with van der Waals surface area (Å²) in [6.45, 7) is 0.815. The number of carbonyl (C=O) groups excluding carboxylic acids is 2. The Hall–Kier alpha value is -3.22. The topological polar surface area (TPSA) is 83.1 Å². The van der Waals surface area contributed by atoms with Gasteiger partial charge >= 0.3 is 11.9 Å². The Balaban J connectivity index is 1.33. The first-order valence-corrected chi connectivity index (χ1v) is 8.81. The van der Waals surface area contributed by atoms with Gasteiger partial charge in [-0.05, 0) is 48.5 Å². The summed E-state index contributed by atoms with van der Waals surface area (Å²) in [5.74, 6) is 0.615. The lowest BCUT2D eigenvalue weighted by Gasteiger charge is -2.12. The summed E-state index contributed by atoms with van der Waals surface area (Å²) >= 11 is 0. The minimum Gasteiger partial charge on any atom is -0.479 e. The molecule has 2 aliphatic rings. The standard InChI is InChI=1S/C20H19NO6/c22-19-17(9-11-24-19)26-15-5-1-13(2-6-15)21-14-3-7-16(8-4-14)27-18-10-12-25-20(18)23/h1-8,17-18,21H,9-12H2. The Labute approximate surface area is 156 Å². The van der Waals surface area contributed by atoms with Gasteiger partial charge in [0.15, 0.2) is 12.2 Å². The van der Waals surface area contributed by atoms with E-state index in [-0.39, 0.29) is 11.9 Å². The maximum absolute atomic E-state index is 11.4. The van der Waals surface area contributed by atoms with Crippen LogP contribution in [0.3, 0.4) is 0 Å². The highest BCUT2D eigenvalue weighted by molar-refractivity contribution is 5.77. The minimum absolute atomic E-state index is 0.314. The summed E-state index contributed by atoms with van der Waals surface area (Å²) in [6, 6.07) is 14.7. The summed E-state index contributed by atoms with van der Waals surface area (Å²) < 4.78 is 21.0. The van der Waals surface area contributed by atoms with Gasteiger partial charge in [-0.1, -0.05) is 0 Å². The second kappa shape index (κ2) is 7.57. The number of hydrogen-bond donors (Lipinski definition) is 1. The number of ether oxygens (including phenoxy) is 4. The zero-order chi connectivity index (χ0) is 18.6. The Bertz CT molecular complexity index is 748. The first-order chi connectivity index (χ1) is 13.2. The smallest absolute Gasteiger partial charge is 0.347 e. The van der Waals surface area contributed by atoms with Gasteiger partial charge in [-0.2, -0.15) is 0 Å². The van der Waals surface area contributed by atoms with Gasteiger partial charge in [0.25, 0.3) is 0 Å². The molecule has 0 bridgehead atoms. The third-order valence-corrected chi connectivity index (χ3v) is 4.33. The Morgan fingerprint density at radius 3 is 1.44 bits per heavy atom. The van der Waals surface area contributed by atoms with Crippen LogP contribution in [0.1, 0.15) is 12.8 Å². The molecule has 0 amide bonds. The van der Waals surface area contributed by atoms with Gasteiger partial charge < -0.3 is 24.3 Å². The number of esters is 2. The van der Waals surface area contributed by atoms with E-state index in [1.165, 1.54) is 0 Å². The molecule has 1 N–H and O–H groups in total. The number of nitrogens with one attached hydrogen (secondary N) is 1. The lowest BCUT2D eigenvalue weighted by atomic mass is 10.2. The average molecular weight is 369 g/mol. The monoisotopic (exact) mass is 369 g/mol. The normalized spacial score (nSPS) is 21.5. The molecule has 2 atom stereocenters. The number of anilines is 2. The second-order valence-corrected chi connectivity index (χ2v) is 6.30. The van der Waals surface area contributed by atoms with Crippen molar-refractivity contribution in [3.05, 3.63) is 48.5 Å². The summed E-state index contributed by atoms with van der Waals surface area (Å²) in [4.78, 5) is 22.9. The lowest BCUT2D eigenvalue weighted by Crippen LogP contribution is -2.21. The molecule has 4 rings (SSSR count). The lowest BCUT2D eigenvalue weighted by molar-refractivity contribution is -0.144. The van der Waals surface area contributed by atoms with E-state index in [1.54, 1.807) is 24.3 Å². The SMILES string of the molecule is O=C1OCCC1Oc1ccc(Nc2ccc(OC3CCOC3=O)cc2)cc1. The molecule has 0 saturated carbocycles. The molecule has 2 heterocycles. The van der Waals surface area contributed by atoms with Crippen LogP contribution in [0.2, 0.25) is 0 Å². The maximum Gasteiger partial charge on any atom is 0.347 e. The van der Waals surface area contributed by atoms with Crippen LogP contribution in [0, 0.1) is 0 Å². The van der Waals surface area contributed by atoms with Crippen molar-refractivity contribution in [1.82, 2.24) is 0 Å². The van der Waals surface area contributed by atoms with Gasteiger partial charge in [-0.25, -0.2) is 9.59 Å². The van der Waals surface area contributed by atoms with E-state index in [0.717, 1.165) is 11.4 Å². The van der Waals surface area contributed by atoms with Gasteiger partial charge in [0, 0.05) is 24.2 Å². The molecule has 0 aromatic heterocycles. The van der Waals surface area contributed by atoms with Crippen LogP contribution in [-0.2, 0) is 19.1 Å². The van der Waals surface area contributed by atoms with E-state index in [9.17, 15) is 9.59 Å². The predicted molar refractivity (Wildman–Crippen MR) is 96.2 cm³/mol. The summed E-state index contributed by atoms with van der Waals surface area (Å²) in [5.41, 5.74) is 1.76. The molecule has 2 fully saturated rings. The van der Waals surface area contributed by atoms with Crippen molar-refractivity contribution in [2.45, 2.75) is 25.0 Å². The Kier molecular flexibility index (Phi) is 4.82. The van der Waals surface area contributed by atoms with E-state index >= 15 is 0 Å². The number of cyclic esters (lactones) is 2. The zero-order valence-electron chi connectivity index (χ0n) is 14.6. The van der Waals surface area contributed by atoms with Gasteiger partial charge in [0.05, 0.1) is 13.2 Å². The van der Waals surface area contributed by atoms with Crippen molar-refractivity contribution in [1.29, 1.82) is 0 Å². The van der Waals surface area contributed by atoms with Gasteiger partial charge in [-0.3, -0.25) is 0 Å². The third-order valence-electron chi connectivity index (χ3n) is 4.33. The summed E-state index contributed by atoms with van der Waals surface area (Å²) in [6.07, 6.45) is 0.111. The molecule has 27 heavy (non-hydrogen) atoms. The van der Waals surface area contributed by atoms with Gasteiger partial charge in [0.1, 0.15) is 11.5 Å². The average Bonchev–Trinajstić information content (AvgIpc) is 3.27. The molecule has 7 heteroatoms. The van der Waals surface area contributed by atoms with Crippen LogP contribution in [0.25, 0.3) is 0 Å². The molecule has 2 saturated heterocycles. The Morgan fingerprint density at radius 1 is 0.704 bits per heavy atom. The minimum atomic E-state index is -0.520. The molecule has 2 aliphatic heterocycles. The maximum atomic E-state index is 11.4. The molecule has 7 nitrogen and oxygen atoms in total. The number of rotatable bonds is 6. The van der Waals surface area contributed by atoms with E-state index < -0.39 is 12.2 Å². The number of carbonyl (C=O) groups is 2. The van der Waals surface area contributed by atoms with Gasteiger partial charge in [0.2, 0.25) is 0 Å². The van der Waals surface area contributed by atoms with E-state index in [2.05, 4.69) is 5.32 Å². The van der Waals surface area contributed by atoms with Crippen LogP contribution in [-0.4, -0.2) is 37.4 Å². The molecule has 2 aromatic carbocycles. The van der Waals surface area contributed by atoms with Crippen LogP contribution in [0.5, 0.6) is 11.5 Å². The fourth-order valence-corrected chi connectivity index (χ4v) is 2.90. The number of hydrogen-bond acceptors (Lipinski definition) is 7. The van der Waals surface area contributed by atoms with Crippen molar-refractivity contribution in [2.75, 3.05) is 18.5 Å². The summed E-state index contributed by atoms with van der Waals surface area (Å²) in [7, 11) is 0. The largest absolute Gasteiger partial charge is 0.479 e. The van der Waals surface area contributed by atoms with E-state index in [4.69, 9.17) is 18.9 Å². The molecule has 0 spiro atoms. The first kappa shape index (κ1) is 17.2. The van der Waals surface area contributed by atoms with Crippen LogP contribution in [0.15, 0.2) is 48.5 Å². The number of benzene rings is 2. The summed E-state index contributed by atoms with van der Waals surface area (Å²) in [5, 5.41) is 3.27. The van der Waals surface area contributed by atoms with Crippen LogP contribution >= 0.6 is 0 Å². The fourth-order valence-electron chi connectivity index (χ4n) is 2.90. The third kappa shape index (κ3) is 4.13. The van der Waals surface area contributed by atoms with Crippen molar-refractivity contribution in [2.24, 2.45) is 0 Å². The van der Waals surface area contributed by atoms with E-state index in [0.29, 0.717) is 37.6 Å². The molecule has 2 unspecified atom stereocenters. The highest BCUT2D eigenvalue weighted by Crippen LogP contribution is 2.25. The molecule has 2 aromatic rings. The van der Waals surface area contributed by atoms with E-state index in [1.807, 2.05) is 24.3 Å². The molecule has 140 valence electrons.